The number of hydrazine groups is 1. The Labute approximate surface area is 373 Å². The van der Waals surface area contributed by atoms with Gasteiger partial charge in [0.05, 0.1) is 24.2 Å². The van der Waals surface area contributed by atoms with Crippen molar-refractivity contribution in [1.82, 2.24) is 39.9 Å². The molecule has 2 atom stereocenters. The van der Waals surface area contributed by atoms with Crippen LogP contribution in [0.4, 0.5) is 10.5 Å². The number of hydrogen-bond acceptors (Lipinski definition) is 8. The van der Waals surface area contributed by atoms with Crippen LogP contribution in [0.2, 0.25) is 0 Å². The Balaban J connectivity index is 1.03. The van der Waals surface area contributed by atoms with Gasteiger partial charge in [-0.1, -0.05) is 66.7 Å². The summed E-state index contributed by atoms with van der Waals surface area (Å²) in [5.41, 5.74) is 5.40. The summed E-state index contributed by atoms with van der Waals surface area (Å²) in [5, 5.41) is 20.2. The Morgan fingerprint density at radius 3 is 2.30 bits per heavy atom. The number of nitrogens with zero attached hydrogens (tertiary/aromatic N) is 7. The van der Waals surface area contributed by atoms with E-state index in [1.165, 1.54) is 0 Å². The van der Waals surface area contributed by atoms with E-state index in [9.17, 15) is 29.1 Å². The molecule has 3 aliphatic rings. The predicted octanol–water partition coefficient (Wildman–Crippen LogP) is 4.72. The highest BCUT2D eigenvalue weighted by Crippen LogP contribution is 2.32. The molecule has 0 bridgehead atoms. The van der Waals surface area contributed by atoms with Crippen molar-refractivity contribution >= 4 is 46.3 Å². The Kier molecular flexibility index (Phi) is 12.7. The van der Waals surface area contributed by atoms with E-state index < -0.39 is 18.2 Å². The van der Waals surface area contributed by atoms with E-state index in [0.717, 1.165) is 33.3 Å². The Bertz CT molecular complexity index is 2530. The van der Waals surface area contributed by atoms with Crippen LogP contribution in [0.25, 0.3) is 10.9 Å². The molecule has 4 heterocycles. The first-order valence-electron chi connectivity index (χ1n) is 21.7. The minimum atomic E-state index is -0.952. The van der Waals surface area contributed by atoms with Crippen LogP contribution in [0.5, 0.6) is 5.75 Å². The monoisotopic (exact) mass is 865 g/mol. The maximum absolute atomic E-state index is 14.8. The zero-order valence-corrected chi connectivity index (χ0v) is 36.5. The van der Waals surface area contributed by atoms with Crippen LogP contribution < -0.4 is 15.5 Å². The summed E-state index contributed by atoms with van der Waals surface area (Å²) in [6, 6.07) is 27.9. The molecule has 4 aromatic carbocycles. The van der Waals surface area contributed by atoms with Gasteiger partial charge in [0, 0.05) is 89.2 Å². The van der Waals surface area contributed by atoms with Crippen molar-refractivity contribution in [2.45, 2.75) is 50.6 Å². The molecule has 0 radical (unpaired) electrons. The van der Waals surface area contributed by atoms with Crippen LogP contribution in [-0.4, -0.2) is 129 Å². The number of carbonyl (C=O) groups is 5. The number of likely N-dealkylation sites (tertiary alicyclic amines) is 1. The molecule has 3 N–H and O–H groups in total. The number of piperazine rings is 1. The first-order chi connectivity index (χ1) is 30.9. The zero-order chi connectivity index (χ0) is 45.1. The highest BCUT2D eigenvalue weighted by Gasteiger charge is 2.51. The van der Waals surface area contributed by atoms with Crippen molar-refractivity contribution in [2.24, 2.45) is 7.05 Å². The van der Waals surface area contributed by atoms with Gasteiger partial charge >= 0.3 is 6.03 Å². The fourth-order valence-corrected chi connectivity index (χ4v) is 9.19. The summed E-state index contributed by atoms with van der Waals surface area (Å²) in [5.74, 6) is -0.720. The van der Waals surface area contributed by atoms with Crippen LogP contribution in [0.1, 0.15) is 50.2 Å². The number of aromatic nitrogens is 1. The number of nitrogens with one attached hydrogen (secondary N) is 2. The van der Waals surface area contributed by atoms with Gasteiger partial charge in [0.2, 0.25) is 11.8 Å². The number of anilines is 1. The van der Waals surface area contributed by atoms with Gasteiger partial charge in [0.15, 0.2) is 0 Å². The molecule has 6 amide bonds. The summed E-state index contributed by atoms with van der Waals surface area (Å²) < 4.78 is 1.92. The molecule has 5 aromatic rings. The lowest BCUT2D eigenvalue weighted by Crippen LogP contribution is -2.76. The maximum Gasteiger partial charge on any atom is 0.334 e. The van der Waals surface area contributed by atoms with Crippen molar-refractivity contribution in [3.63, 3.8) is 0 Å². The highest BCUT2D eigenvalue weighted by atomic mass is 16.3. The molecule has 1 aromatic heterocycles. The quantitative estimate of drug-likeness (QED) is 0.153. The average Bonchev–Trinajstić information content (AvgIpc) is 3.64. The highest BCUT2D eigenvalue weighted by molar-refractivity contribution is 6.08. The van der Waals surface area contributed by atoms with Crippen molar-refractivity contribution in [3.8, 4) is 5.75 Å². The molecule has 3 fully saturated rings. The van der Waals surface area contributed by atoms with Crippen LogP contribution >= 0.6 is 0 Å². The Morgan fingerprint density at radius 2 is 1.61 bits per heavy atom. The molecule has 332 valence electrons. The van der Waals surface area contributed by atoms with Crippen LogP contribution in [-0.2, 0) is 36.1 Å². The smallest absolute Gasteiger partial charge is 0.334 e. The second-order valence-corrected chi connectivity index (χ2v) is 17.0. The van der Waals surface area contributed by atoms with Gasteiger partial charge in [-0.3, -0.25) is 19.2 Å². The van der Waals surface area contributed by atoms with Crippen molar-refractivity contribution < 1.29 is 29.1 Å². The number of carbonyl (C=O) groups excluding carboxylic acids is 5. The van der Waals surface area contributed by atoms with E-state index in [-0.39, 0.29) is 74.6 Å². The van der Waals surface area contributed by atoms with Crippen molar-refractivity contribution in [3.05, 3.63) is 144 Å². The molecule has 3 aliphatic heterocycles. The number of urea groups is 1. The second kappa shape index (κ2) is 18.7. The number of para-hydroxylation sites is 1. The summed E-state index contributed by atoms with van der Waals surface area (Å²) in [6.45, 7) is 5.40. The fraction of sp³-hybridized carbons (Fsp3) is 0.327. The fourth-order valence-electron chi connectivity index (χ4n) is 9.19. The van der Waals surface area contributed by atoms with E-state index in [2.05, 4.69) is 17.2 Å². The minimum absolute atomic E-state index is 0.0303. The molecule has 15 heteroatoms. The van der Waals surface area contributed by atoms with E-state index in [1.54, 1.807) is 50.2 Å². The third-order valence-electron chi connectivity index (χ3n) is 12.5. The summed E-state index contributed by atoms with van der Waals surface area (Å²) >= 11 is 0. The first kappa shape index (κ1) is 43.5. The topological polar surface area (TPSA) is 154 Å². The third-order valence-corrected chi connectivity index (χ3v) is 12.5. The van der Waals surface area contributed by atoms with Crippen molar-refractivity contribution in [1.29, 1.82) is 0 Å². The Morgan fingerprint density at radius 1 is 0.891 bits per heavy atom. The van der Waals surface area contributed by atoms with Crippen molar-refractivity contribution in [2.75, 3.05) is 51.7 Å². The number of fused-ring (bicyclic) bond motifs is 2. The third kappa shape index (κ3) is 9.02. The lowest BCUT2D eigenvalue weighted by atomic mass is 9.98. The van der Waals surface area contributed by atoms with Gasteiger partial charge in [-0.05, 0) is 65.9 Å². The number of aryl methyl sites for hydroxylation is 1. The molecule has 0 aliphatic carbocycles. The SMILES string of the molecule is C=CCN1CC(=O)N2[C@@H](Cc3ccc(O)cc3)C(=O)N(Cc3cccc4c(C(=O)N5CCC(NC(=O)c6ccc(N(C)C)cc6)CC5)cn(C)c34)C[C@@H]2N1C(=O)NCc1ccccc1. The van der Waals surface area contributed by atoms with Gasteiger partial charge in [0.25, 0.3) is 11.8 Å². The largest absolute Gasteiger partial charge is 0.508 e. The second-order valence-electron chi connectivity index (χ2n) is 17.0. The molecule has 0 unspecified atom stereocenters. The maximum atomic E-state index is 14.8. The minimum Gasteiger partial charge on any atom is -0.508 e. The molecular formula is C49H55N9O6. The van der Waals surface area contributed by atoms with Crippen LogP contribution in [0.3, 0.4) is 0 Å². The molecule has 0 spiro atoms. The number of amides is 6. The summed E-state index contributed by atoms with van der Waals surface area (Å²) in [4.78, 5) is 77.5. The predicted molar refractivity (Wildman–Crippen MR) is 244 cm³/mol. The number of phenolic OH excluding ortho intramolecular Hbond substituents is 1. The van der Waals surface area contributed by atoms with E-state index in [4.69, 9.17) is 0 Å². The average molecular weight is 866 g/mol. The van der Waals surface area contributed by atoms with Gasteiger partial charge in [-0.15, -0.1) is 6.58 Å². The van der Waals surface area contributed by atoms with Gasteiger partial charge < -0.3 is 39.9 Å². The van der Waals surface area contributed by atoms with Gasteiger partial charge in [-0.25, -0.2) is 14.8 Å². The molecular weight excluding hydrogens is 811 g/mol. The zero-order valence-electron chi connectivity index (χ0n) is 36.5. The first-order valence-corrected chi connectivity index (χ1v) is 21.7. The summed E-state index contributed by atoms with van der Waals surface area (Å²) in [7, 11) is 5.79. The molecule has 15 nitrogen and oxygen atoms in total. The number of benzene rings is 4. The lowest BCUT2D eigenvalue weighted by molar-refractivity contribution is -0.189. The van der Waals surface area contributed by atoms with Gasteiger partial charge in [0.1, 0.15) is 18.0 Å². The molecule has 0 saturated carbocycles. The molecule has 3 saturated heterocycles. The van der Waals surface area contributed by atoms with E-state index in [0.29, 0.717) is 37.1 Å². The van der Waals surface area contributed by atoms with Crippen LogP contribution in [0, 0.1) is 0 Å². The lowest BCUT2D eigenvalue weighted by Gasteiger charge is -2.55. The van der Waals surface area contributed by atoms with Gasteiger partial charge in [-0.2, -0.15) is 0 Å². The van der Waals surface area contributed by atoms with E-state index in [1.807, 2.05) is 115 Å². The van der Waals surface area contributed by atoms with Crippen LogP contribution in [0.15, 0.2) is 116 Å². The number of piperidine rings is 1. The number of rotatable bonds is 12. The Hall–Kier alpha value is -7.13. The normalized spacial score (nSPS) is 18.2. The summed E-state index contributed by atoms with van der Waals surface area (Å²) in [6.07, 6.45) is 4.03. The molecule has 8 rings (SSSR count). The number of hydrogen-bond donors (Lipinski definition) is 3. The number of aromatic hydroxyl groups is 1. The molecule has 64 heavy (non-hydrogen) atoms. The number of phenols is 1. The van der Waals surface area contributed by atoms with E-state index >= 15 is 0 Å². The standard InChI is InChI=1S/C49H55N9O6/c1-5-24-56-32-44(60)57-42(27-33-14-20-39(59)21-15-33)48(63)55(31-43(57)58(56)49(64)50-28-34-10-7-6-8-11-34)29-36-12-9-13-40-41(30-53(4)45(36)40)47(62)54-25-22-37(23-26-54)51-46(61)35-16-18-38(19-17-35)52(2)3/h5-21,30,37,42-43,59H,1,22-29,31-32H2,2-4H3,(H,50,64)(H,51,61)/t42-,43-/m0/s1.